The average Bonchev–Trinajstić information content (AvgIpc) is 3.19. The maximum atomic E-state index is 11.7. The van der Waals surface area contributed by atoms with E-state index in [9.17, 15) is 9.59 Å². The van der Waals surface area contributed by atoms with Crippen LogP contribution in [0.1, 0.15) is 83.0 Å². The van der Waals surface area contributed by atoms with Crippen LogP contribution in [0, 0.1) is 0 Å². The highest BCUT2D eigenvalue weighted by molar-refractivity contribution is 6.62. The van der Waals surface area contributed by atoms with Crippen molar-refractivity contribution in [2.75, 3.05) is 6.54 Å². The van der Waals surface area contributed by atoms with Crippen molar-refractivity contribution in [3.05, 3.63) is 59.7 Å². The minimum Gasteiger partial charge on any atom is -0.478 e. The molecule has 2 saturated heterocycles. The summed E-state index contributed by atoms with van der Waals surface area (Å²) in [6.07, 6.45) is 0. The Balaban J connectivity index is 0.000000212. The Hall–Kier alpha value is -2.65. The summed E-state index contributed by atoms with van der Waals surface area (Å²) in [7, 11) is -0.832. The molecule has 0 atom stereocenters. The second kappa shape index (κ2) is 10.8. The van der Waals surface area contributed by atoms with E-state index < -0.39 is 13.1 Å². The van der Waals surface area contributed by atoms with Crippen molar-refractivity contribution in [1.29, 1.82) is 0 Å². The molecule has 2 heterocycles. The smallest absolute Gasteiger partial charge is 0.478 e. The lowest BCUT2D eigenvalue weighted by atomic mass is 9.79. The molecule has 2 aromatic rings. The third-order valence-electron chi connectivity index (χ3n) is 7.72. The third kappa shape index (κ3) is 6.31. The maximum absolute atomic E-state index is 11.7. The molecule has 2 aliphatic heterocycles. The van der Waals surface area contributed by atoms with Gasteiger partial charge in [0.25, 0.3) is 5.91 Å². The van der Waals surface area contributed by atoms with Crippen LogP contribution in [-0.4, -0.2) is 60.2 Å². The summed E-state index contributed by atoms with van der Waals surface area (Å²) >= 11 is 0. The zero-order chi connectivity index (χ0) is 28.5. The van der Waals surface area contributed by atoms with Gasteiger partial charge >= 0.3 is 20.2 Å². The average molecular weight is 523 g/mol. The summed E-state index contributed by atoms with van der Waals surface area (Å²) in [5.41, 5.74) is 1.19. The zero-order valence-corrected chi connectivity index (χ0v) is 23.9. The molecular weight excluding hydrogens is 484 g/mol. The Morgan fingerprint density at radius 2 is 0.974 bits per heavy atom. The highest BCUT2D eigenvalue weighted by atomic mass is 16.7. The van der Waals surface area contributed by atoms with E-state index in [1.807, 2.05) is 74.4 Å². The van der Waals surface area contributed by atoms with Crippen LogP contribution in [0.5, 0.6) is 0 Å². The van der Waals surface area contributed by atoms with E-state index in [1.165, 1.54) is 0 Å². The van der Waals surface area contributed by atoms with Crippen LogP contribution in [0.3, 0.4) is 0 Å². The molecule has 1 amide bonds. The lowest BCUT2D eigenvalue weighted by Gasteiger charge is -2.32. The Labute approximate surface area is 226 Å². The van der Waals surface area contributed by atoms with Gasteiger partial charge in [-0.1, -0.05) is 24.3 Å². The lowest BCUT2D eigenvalue weighted by Crippen LogP contribution is -2.41. The molecule has 38 heavy (non-hydrogen) atoms. The highest BCUT2D eigenvalue weighted by Crippen LogP contribution is 2.37. The number of carboxylic acids is 1. The highest BCUT2D eigenvalue weighted by Gasteiger charge is 2.52. The quantitative estimate of drug-likeness (QED) is 0.580. The van der Waals surface area contributed by atoms with Gasteiger partial charge in [-0.05, 0) is 97.5 Å². The van der Waals surface area contributed by atoms with Crippen molar-refractivity contribution in [1.82, 2.24) is 5.32 Å². The van der Waals surface area contributed by atoms with Crippen LogP contribution >= 0.6 is 0 Å². The largest absolute Gasteiger partial charge is 0.494 e. The van der Waals surface area contributed by atoms with Gasteiger partial charge in [-0.3, -0.25) is 4.79 Å². The van der Waals surface area contributed by atoms with Gasteiger partial charge in [0.2, 0.25) is 0 Å². The van der Waals surface area contributed by atoms with Gasteiger partial charge in [-0.2, -0.15) is 0 Å². The molecule has 2 N–H and O–H groups in total. The molecule has 0 saturated carbocycles. The molecule has 2 aromatic carbocycles. The summed E-state index contributed by atoms with van der Waals surface area (Å²) in [5.74, 6) is -0.997. The van der Waals surface area contributed by atoms with Gasteiger partial charge in [0.05, 0.1) is 28.0 Å². The number of aromatic carboxylic acids is 1. The molecule has 0 aromatic heterocycles. The fraction of sp³-hybridized carbons (Fsp3) is 0.500. The standard InChI is InChI=1S/C15H22BNO3.C13H17BO4/c1-6-17-13(18)11-7-9-12(10-8-11)16-19-14(2,3)15(4,5)20-16;1-12(2)13(3,4)18-14(17-12)10-7-5-9(6-8-10)11(15)16/h7-10H,6H2,1-5H3,(H,17,18);5-8H,1-4H3,(H,15,16). The van der Waals surface area contributed by atoms with E-state index in [1.54, 1.807) is 36.4 Å². The summed E-state index contributed by atoms with van der Waals surface area (Å²) in [6.45, 7) is 18.6. The molecule has 0 spiro atoms. The second-order valence-electron chi connectivity index (χ2n) is 11.6. The Kier molecular flexibility index (Phi) is 8.53. The lowest BCUT2D eigenvalue weighted by molar-refractivity contribution is 0.00578. The number of carboxylic acid groups (broad SMARTS) is 1. The van der Waals surface area contributed by atoms with E-state index in [4.69, 9.17) is 23.7 Å². The number of benzene rings is 2. The van der Waals surface area contributed by atoms with Crippen LogP contribution in [0.4, 0.5) is 0 Å². The Morgan fingerprint density at radius 1 is 0.658 bits per heavy atom. The molecule has 10 heteroatoms. The van der Waals surface area contributed by atoms with Gasteiger partial charge in [-0.15, -0.1) is 0 Å². The molecule has 2 fully saturated rings. The van der Waals surface area contributed by atoms with E-state index in [2.05, 4.69) is 5.32 Å². The SMILES string of the molecule is CC1(C)OB(c2ccc(C(=O)O)cc2)OC1(C)C.CCNC(=O)c1ccc(B2OC(C)(C)C(C)(C)O2)cc1. The predicted molar refractivity (Wildman–Crippen MR) is 149 cm³/mol. The van der Waals surface area contributed by atoms with Gasteiger partial charge < -0.3 is 29.0 Å². The van der Waals surface area contributed by atoms with Crippen molar-refractivity contribution >= 4 is 37.0 Å². The van der Waals surface area contributed by atoms with Crippen LogP contribution in [0.15, 0.2) is 48.5 Å². The van der Waals surface area contributed by atoms with Crippen LogP contribution < -0.4 is 16.2 Å². The van der Waals surface area contributed by atoms with Crippen molar-refractivity contribution < 1.29 is 33.3 Å². The van der Waals surface area contributed by atoms with E-state index in [-0.39, 0.29) is 41.0 Å². The number of rotatable bonds is 5. The molecule has 0 unspecified atom stereocenters. The van der Waals surface area contributed by atoms with Crippen molar-refractivity contribution in [3.63, 3.8) is 0 Å². The minimum atomic E-state index is -0.935. The van der Waals surface area contributed by atoms with Crippen molar-refractivity contribution in [3.8, 4) is 0 Å². The first kappa shape index (κ1) is 29.9. The summed E-state index contributed by atoms with van der Waals surface area (Å²) < 4.78 is 23.7. The van der Waals surface area contributed by atoms with Crippen LogP contribution in [-0.2, 0) is 18.6 Å². The number of carbonyl (C=O) groups excluding carboxylic acids is 1. The first-order chi connectivity index (χ1) is 17.5. The second-order valence-corrected chi connectivity index (χ2v) is 11.6. The summed E-state index contributed by atoms with van der Waals surface area (Å²) in [6, 6.07) is 13.9. The number of carbonyl (C=O) groups is 2. The molecule has 0 aliphatic carbocycles. The third-order valence-corrected chi connectivity index (χ3v) is 7.72. The topological polar surface area (TPSA) is 103 Å². The normalized spacial score (nSPS) is 20.4. The monoisotopic (exact) mass is 523 g/mol. The predicted octanol–water partition coefficient (Wildman–Crippen LogP) is 3.42. The van der Waals surface area contributed by atoms with Crippen LogP contribution in [0.2, 0.25) is 0 Å². The first-order valence-corrected chi connectivity index (χ1v) is 12.9. The Bertz CT molecular complexity index is 1110. The van der Waals surface area contributed by atoms with E-state index in [0.29, 0.717) is 12.1 Å². The summed E-state index contributed by atoms with van der Waals surface area (Å²) in [5, 5.41) is 11.6. The molecular formula is C28H39B2NO7. The minimum absolute atomic E-state index is 0.0621. The molecule has 0 radical (unpaired) electrons. The van der Waals surface area contributed by atoms with Gasteiger partial charge in [0.1, 0.15) is 0 Å². The fourth-order valence-corrected chi connectivity index (χ4v) is 3.80. The fourth-order valence-electron chi connectivity index (χ4n) is 3.80. The van der Waals surface area contributed by atoms with Crippen molar-refractivity contribution in [2.45, 2.75) is 84.7 Å². The van der Waals surface area contributed by atoms with E-state index in [0.717, 1.165) is 10.9 Å². The first-order valence-electron chi connectivity index (χ1n) is 12.9. The summed E-state index contributed by atoms with van der Waals surface area (Å²) in [4.78, 5) is 22.5. The molecule has 0 bridgehead atoms. The van der Waals surface area contributed by atoms with E-state index >= 15 is 0 Å². The van der Waals surface area contributed by atoms with Gasteiger partial charge in [0.15, 0.2) is 0 Å². The van der Waals surface area contributed by atoms with Gasteiger partial charge in [0, 0.05) is 12.1 Å². The molecule has 8 nitrogen and oxygen atoms in total. The molecule has 204 valence electrons. The maximum Gasteiger partial charge on any atom is 0.494 e. The number of hydrogen-bond donors (Lipinski definition) is 2. The molecule has 4 rings (SSSR count). The molecule has 2 aliphatic rings. The number of amides is 1. The zero-order valence-electron chi connectivity index (χ0n) is 23.9. The van der Waals surface area contributed by atoms with Crippen LogP contribution in [0.25, 0.3) is 0 Å². The van der Waals surface area contributed by atoms with Crippen molar-refractivity contribution in [2.24, 2.45) is 0 Å². The van der Waals surface area contributed by atoms with Gasteiger partial charge in [-0.25, -0.2) is 4.79 Å². The Morgan fingerprint density at radius 3 is 1.26 bits per heavy atom. The number of nitrogens with one attached hydrogen (secondary N) is 1. The number of hydrogen-bond acceptors (Lipinski definition) is 6.